The molecule has 0 saturated carbocycles. The molecule has 0 unspecified atom stereocenters. The van der Waals surface area contributed by atoms with Crippen molar-refractivity contribution in [3.05, 3.63) is 54.2 Å². The van der Waals surface area contributed by atoms with Gasteiger partial charge < -0.3 is 5.32 Å². The molecule has 0 radical (unpaired) electrons. The zero-order valence-electron chi connectivity index (χ0n) is 12.2. The molecule has 0 fully saturated rings. The summed E-state index contributed by atoms with van der Waals surface area (Å²) < 4.78 is 0. The second kappa shape index (κ2) is 8.47. The Morgan fingerprint density at radius 3 is 2.90 bits per heavy atom. The molecule has 2 rings (SSSR count). The number of rotatable bonds is 7. The van der Waals surface area contributed by atoms with Crippen LogP contribution in [0.25, 0.3) is 0 Å². The van der Waals surface area contributed by atoms with Gasteiger partial charge in [-0.1, -0.05) is 43.3 Å². The summed E-state index contributed by atoms with van der Waals surface area (Å²) in [5.74, 6) is 0.370. The highest BCUT2D eigenvalue weighted by molar-refractivity contribution is 7.99. The highest BCUT2D eigenvalue weighted by Crippen LogP contribution is 2.16. The first kappa shape index (κ1) is 15.6. The molecule has 1 aromatic heterocycles. The summed E-state index contributed by atoms with van der Waals surface area (Å²) in [7, 11) is 0. The van der Waals surface area contributed by atoms with Gasteiger partial charge in [-0.25, -0.2) is 4.98 Å². The van der Waals surface area contributed by atoms with Gasteiger partial charge in [-0.05, 0) is 42.7 Å². The number of aromatic nitrogens is 1. The van der Waals surface area contributed by atoms with Crippen molar-refractivity contribution in [2.45, 2.75) is 31.2 Å². The number of thioether (sulfide) groups is 1. The molecule has 21 heavy (non-hydrogen) atoms. The van der Waals surface area contributed by atoms with Crippen LogP contribution in [0.5, 0.6) is 0 Å². The number of amides is 1. The Kier molecular flexibility index (Phi) is 6.28. The number of hydrogen-bond donors (Lipinski definition) is 1. The van der Waals surface area contributed by atoms with Crippen LogP contribution in [0.15, 0.2) is 53.7 Å². The number of carbonyl (C=O) groups is 1. The van der Waals surface area contributed by atoms with Crippen LogP contribution in [0.1, 0.15) is 25.3 Å². The summed E-state index contributed by atoms with van der Waals surface area (Å²) in [5.41, 5.74) is 2.14. The summed E-state index contributed by atoms with van der Waals surface area (Å²) in [6.45, 7) is 2.18. The summed E-state index contributed by atoms with van der Waals surface area (Å²) >= 11 is 1.44. The van der Waals surface area contributed by atoms with E-state index in [1.807, 2.05) is 30.3 Å². The van der Waals surface area contributed by atoms with Crippen molar-refractivity contribution < 1.29 is 4.79 Å². The van der Waals surface area contributed by atoms with Crippen LogP contribution in [-0.4, -0.2) is 16.6 Å². The highest BCUT2D eigenvalue weighted by Gasteiger charge is 2.04. The lowest BCUT2D eigenvalue weighted by Gasteiger charge is -2.07. The van der Waals surface area contributed by atoms with Gasteiger partial charge >= 0.3 is 0 Å². The third kappa shape index (κ3) is 5.60. The standard InChI is InChI=1S/C17H20N2OS/c1-2-3-7-14-8-6-9-15(12-14)19-16(20)13-21-17-10-4-5-11-18-17/h4-6,8-12H,2-3,7,13H2,1H3,(H,19,20). The molecule has 0 aliphatic rings. The molecule has 0 aliphatic heterocycles. The smallest absolute Gasteiger partial charge is 0.234 e. The number of hydrogen-bond acceptors (Lipinski definition) is 3. The molecule has 0 bridgehead atoms. The van der Waals surface area contributed by atoms with E-state index >= 15 is 0 Å². The van der Waals surface area contributed by atoms with Crippen molar-refractivity contribution >= 4 is 23.4 Å². The van der Waals surface area contributed by atoms with Gasteiger partial charge in [0.05, 0.1) is 10.8 Å². The fraction of sp³-hybridized carbons (Fsp3) is 0.294. The maximum absolute atomic E-state index is 12.0. The Labute approximate surface area is 130 Å². The number of unbranched alkanes of at least 4 members (excludes halogenated alkanes) is 1. The first-order valence-electron chi connectivity index (χ1n) is 7.20. The fourth-order valence-electron chi connectivity index (χ4n) is 1.95. The molecule has 1 heterocycles. The van der Waals surface area contributed by atoms with E-state index in [2.05, 4.69) is 29.4 Å². The van der Waals surface area contributed by atoms with Crippen molar-refractivity contribution in [2.75, 3.05) is 11.1 Å². The minimum atomic E-state index is -0.00158. The molecule has 1 N–H and O–H groups in total. The number of nitrogens with zero attached hydrogens (tertiary/aromatic N) is 1. The maximum atomic E-state index is 12.0. The summed E-state index contributed by atoms with van der Waals surface area (Å²) in [6, 6.07) is 13.8. The van der Waals surface area contributed by atoms with Crippen LogP contribution < -0.4 is 5.32 Å². The third-order valence-corrected chi connectivity index (χ3v) is 3.96. The first-order chi connectivity index (χ1) is 10.3. The van der Waals surface area contributed by atoms with Crippen LogP contribution in [-0.2, 0) is 11.2 Å². The van der Waals surface area contributed by atoms with Crippen LogP contribution in [0.4, 0.5) is 5.69 Å². The van der Waals surface area contributed by atoms with E-state index in [0.29, 0.717) is 5.75 Å². The van der Waals surface area contributed by atoms with Crippen LogP contribution in [0.2, 0.25) is 0 Å². The minimum absolute atomic E-state index is 0.00158. The van der Waals surface area contributed by atoms with E-state index in [0.717, 1.165) is 17.1 Å². The predicted molar refractivity (Wildman–Crippen MR) is 88.6 cm³/mol. The third-order valence-electron chi connectivity index (χ3n) is 3.02. The minimum Gasteiger partial charge on any atom is -0.325 e. The highest BCUT2D eigenvalue weighted by atomic mass is 32.2. The zero-order chi connectivity index (χ0) is 14.9. The molecular weight excluding hydrogens is 280 g/mol. The van der Waals surface area contributed by atoms with E-state index in [1.165, 1.54) is 30.2 Å². The van der Waals surface area contributed by atoms with E-state index in [1.54, 1.807) is 6.20 Å². The van der Waals surface area contributed by atoms with Gasteiger partial charge in [0.25, 0.3) is 0 Å². The first-order valence-corrected chi connectivity index (χ1v) is 8.19. The summed E-state index contributed by atoms with van der Waals surface area (Å²) in [4.78, 5) is 16.1. The normalized spacial score (nSPS) is 10.3. The molecule has 3 nitrogen and oxygen atoms in total. The lowest BCUT2D eigenvalue weighted by Crippen LogP contribution is -2.14. The number of anilines is 1. The lowest BCUT2D eigenvalue weighted by molar-refractivity contribution is -0.113. The van der Waals surface area contributed by atoms with Gasteiger partial charge in [0.15, 0.2) is 0 Å². The Morgan fingerprint density at radius 1 is 1.24 bits per heavy atom. The van der Waals surface area contributed by atoms with Crippen molar-refractivity contribution in [1.29, 1.82) is 0 Å². The fourth-order valence-corrected chi connectivity index (χ4v) is 2.62. The number of benzene rings is 1. The van der Waals surface area contributed by atoms with E-state index in [9.17, 15) is 4.79 Å². The van der Waals surface area contributed by atoms with Gasteiger partial charge in [0.1, 0.15) is 0 Å². The quantitative estimate of drug-likeness (QED) is 0.781. The topological polar surface area (TPSA) is 42.0 Å². The zero-order valence-corrected chi connectivity index (χ0v) is 13.0. The number of carbonyl (C=O) groups excluding carboxylic acids is 1. The van der Waals surface area contributed by atoms with Gasteiger partial charge in [-0.15, -0.1) is 0 Å². The van der Waals surface area contributed by atoms with E-state index in [4.69, 9.17) is 0 Å². The lowest BCUT2D eigenvalue weighted by atomic mass is 10.1. The Hall–Kier alpha value is -1.81. The molecule has 1 amide bonds. The van der Waals surface area contributed by atoms with Crippen molar-refractivity contribution in [3.63, 3.8) is 0 Å². The second-order valence-corrected chi connectivity index (χ2v) is 5.80. The van der Waals surface area contributed by atoms with Gasteiger partial charge in [0.2, 0.25) is 5.91 Å². The average molecular weight is 300 g/mol. The summed E-state index contributed by atoms with van der Waals surface area (Å²) in [6.07, 6.45) is 5.14. The van der Waals surface area contributed by atoms with Crippen molar-refractivity contribution in [2.24, 2.45) is 0 Å². The van der Waals surface area contributed by atoms with E-state index in [-0.39, 0.29) is 5.91 Å². The molecule has 1 aromatic carbocycles. The maximum Gasteiger partial charge on any atom is 0.234 e. The Balaban J connectivity index is 1.84. The Morgan fingerprint density at radius 2 is 2.14 bits per heavy atom. The van der Waals surface area contributed by atoms with Gasteiger partial charge in [-0.2, -0.15) is 0 Å². The van der Waals surface area contributed by atoms with Crippen LogP contribution >= 0.6 is 11.8 Å². The van der Waals surface area contributed by atoms with Gasteiger partial charge in [0, 0.05) is 11.9 Å². The number of nitrogens with one attached hydrogen (secondary N) is 1. The molecule has 0 saturated heterocycles. The monoisotopic (exact) mass is 300 g/mol. The largest absolute Gasteiger partial charge is 0.325 e. The van der Waals surface area contributed by atoms with Crippen LogP contribution in [0.3, 0.4) is 0 Å². The van der Waals surface area contributed by atoms with Crippen LogP contribution in [0, 0.1) is 0 Å². The molecule has 110 valence electrons. The van der Waals surface area contributed by atoms with Gasteiger partial charge in [-0.3, -0.25) is 4.79 Å². The number of pyridine rings is 1. The van der Waals surface area contributed by atoms with E-state index < -0.39 is 0 Å². The number of aryl methyl sites for hydroxylation is 1. The molecule has 0 aliphatic carbocycles. The summed E-state index contributed by atoms with van der Waals surface area (Å²) in [5, 5.41) is 3.81. The van der Waals surface area contributed by atoms with Crippen molar-refractivity contribution in [3.8, 4) is 0 Å². The Bertz CT molecular complexity index is 572. The SMILES string of the molecule is CCCCc1cccc(NC(=O)CSc2ccccn2)c1. The molecule has 0 atom stereocenters. The average Bonchev–Trinajstić information content (AvgIpc) is 2.52. The predicted octanol–water partition coefficient (Wildman–Crippen LogP) is 4.16. The molecule has 4 heteroatoms. The second-order valence-electron chi connectivity index (χ2n) is 4.81. The van der Waals surface area contributed by atoms with Crippen molar-refractivity contribution in [1.82, 2.24) is 4.98 Å². The molecule has 0 spiro atoms. The molecular formula is C17H20N2OS. The molecule has 2 aromatic rings.